The summed E-state index contributed by atoms with van der Waals surface area (Å²) in [5.74, 6) is -1.18. The van der Waals surface area contributed by atoms with E-state index in [4.69, 9.17) is 0 Å². The lowest BCUT2D eigenvalue weighted by molar-refractivity contribution is -0.862. The summed E-state index contributed by atoms with van der Waals surface area (Å²) in [4.78, 5) is 35.5. The van der Waals surface area contributed by atoms with Crippen molar-refractivity contribution in [2.24, 2.45) is 0 Å². The van der Waals surface area contributed by atoms with E-state index >= 15 is 0 Å². The number of quaternary nitrogens is 1. The van der Waals surface area contributed by atoms with Gasteiger partial charge in [-0.15, -0.1) is 0 Å². The molecule has 0 saturated carbocycles. The Morgan fingerprint density at radius 1 is 1.09 bits per heavy atom. The molecule has 23 heavy (non-hydrogen) atoms. The molecular formula is C15H22FN4O3+. The minimum Gasteiger partial charge on any atom is -0.336 e. The third-order valence-electron chi connectivity index (χ3n) is 2.73. The van der Waals surface area contributed by atoms with Crippen LogP contribution in [0.3, 0.4) is 0 Å². The number of hydrogen-bond donors (Lipinski definition) is 4. The third-order valence-corrected chi connectivity index (χ3v) is 2.73. The van der Waals surface area contributed by atoms with Crippen molar-refractivity contribution in [1.82, 2.24) is 10.6 Å². The average molecular weight is 325 g/mol. The van der Waals surface area contributed by atoms with Crippen molar-refractivity contribution in [2.45, 2.75) is 19.9 Å². The van der Waals surface area contributed by atoms with Gasteiger partial charge < -0.3 is 15.5 Å². The van der Waals surface area contributed by atoms with E-state index < -0.39 is 11.9 Å². The van der Waals surface area contributed by atoms with Gasteiger partial charge in [0.05, 0.1) is 7.05 Å². The molecule has 126 valence electrons. The second kappa shape index (κ2) is 8.84. The van der Waals surface area contributed by atoms with Gasteiger partial charge in [0.2, 0.25) is 0 Å². The van der Waals surface area contributed by atoms with Crippen molar-refractivity contribution in [3.05, 3.63) is 30.1 Å². The highest BCUT2D eigenvalue weighted by molar-refractivity contribution is 5.95. The second-order valence-electron chi connectivity index (χ2n) is 5.54. The molecule has 0 saturated heterocycles. The molecule has 7 nitrogen and oxygen atoms in total. The van der Waals surface area contributed by atoms with E-state index in [2.05, 4.69) is 16.0 Å². The molecule has 1 aromatic rings. The molecular weight excluding hydrogens is 303 g/mol. The Morgan fingerprint density at radius 3 is 2.22 bits per heavy atom. The first-order chi connectivity index (χ1) is 10.8. The molecule has 1 atom stereocenters. The number of likely N-dealkylation sites (N-methyl/N-ethyl adjacent to an activating group) is 1. The topological polar surface area (TPSA) is 91.7 Å². The normalized spacial score (nSPS) is 11.7. The van der Waals surface area contributed by atoms with Crippen LogP contribution in [0.15, 0.2) is 24.3 Å². The number of hydrogen-bond acceptors (Lipinski definition) is 3. The Morgan fingerprint density at radius 2 is 1.65 bits per heavy atom. The summed E-state index contributed by atoms with van der Waals surface area (Å²) in [5.41, 5.74) is 0.477. The molecule has 0 fully saturated rings. The van der Waals surface area contributed by atoms with Crippen LogP contribution in [0.1, 0.15) is 13.8 Å². The van der Waals surface area contributed by atoms with E-state index in [9.17, 15) is 18.8 Å². The maximum atomic E-state index is 12.8. The van der Waals surface area contributed by atoms with E-state index in [1.807, 2.05) is 0 Å². The highest BCUT2D eigenvalue weighted by atomic mass is 19.1. The van der Waals surface area contributed by atoms with Crippen LogP contribution >= 0.6 is 0 Å². The number of halogens is 1. The Balaban J connectivity index is 2.36. The van der Waals surface area contributed by atoms with E-state index in [0.29, 0.717) is 10.6 Å². The highest BCUT2D eigenvalue weighted by Crippen LogP contribution is 2.07. The fraction of sp³-hybridized carbons (Fsp3) is 0.400. The molecule has 0 bridgehead atoms. The van der Waals surface area contributed by atoms with E-state index in [0.717, 1.165) is 0 Å². The van der Waals surface area contributed by atoms with Crippen molar-refractivity contribution < 1.29 is 23.7 Å². The number of urea groups is 1. The minimum atomic E-state index is -0.562. The molecule has 0 radical (unpaired) electrons. The summed E-state index contributed by atoms with van der Waals surface area (Å²) in [6, 6.07) is 4.75. The zero-order valence-corrected chi connectivity index (χ0v) is 13.4. The van der Waals surface area contributed by atoms with Crippen molar-refractivity contribution >= 4 is 23.5 Å². The monoisotopic (exact) mass is 325 g/mol. The number of benzene rings is 1. The van der Waals surface area contributed by atoms with Gasteiger partial charge in [0.25, 0.3) is 11.8 Å². The maximum Gasteiger partial charge on any atom is 0.321 e. The average Bonchev–Trinajstić information content (AvgIpc) is 2.39. The Hall–Kier alpha value is -2.48. The zero-order chi connectivity index (χ0) is 17.4. The summed E-state index contributed by atoms with van der Waals surface area (Å²) in [5, 5.41) is 7.33. The summed E-state index contributed by atoms with van der Waals surface area (Å²) < 4.78 is 12.8. The number of carbonyl (C=O) groups excluding carboxylic acids is 3. The van der Waals surface area contributed by atoms with Crippen LogP contribution in [0.25, 0.3) is 0 Å². The minimum absolute atomic E-state index is 0.0254. The molecule has 8 heteroatoms. The first-order valence-corrected chi connectivity index (χ1v) is 7.23. The van der Waals surface area contributed by atoms with Crippen LogP contribution in [-0.2, 0) is 9.59 Å². The number of rotatable bonds is 6. The van der Waals surface area contributed by atoms with Gasteiger partial charge in [-0.05, 0) is 38.1 Å². The summed E-state index contributed by atoms with van der Waals surface area (Å²) in [7, 11) is 1.66. The lowest BCUT2D eigenvalue weighted by Gasteiger charge is -2.14. The largest absolute Gasteiger partial charge is 0.336 e. The lowest BCUT2D eigenvalue weighted by Crippen LogP contribution is -3.11. The van der Waals surface area contributed by atoms with Crippen LogP contribution in [-0.4, -0.2) is 44.0 Å². The van der Waals surface area contributed by atoms with Gasteiger partial charge in [0.1, 0.15) is 5.82 Å². The van der Waals surface area contributed by atoms with Crippen LogP contribution in [0, 0.1) is 5.82 Å². The summed E-state index contributed by atoms with van der Waals surface area (Å²) >= 11 is 0. The second-order valence-corrected chi connectivity index (χ2v) is 5.54. The molecule has 0 aliphatic rings. The van der Waals surface area contributed by atoms with Crippen LogP contribution < -0.4 is 20.9 Å². The van der Waals surface area contributed by atoms with Gasteiger partial charge >= 0.3 is 6.03 Å². The molecule has 1 rings (SSSR count). The van der Waals surface area contributed by atoms with Gasteiger partial charge in [-0.1, -0.05) is 0 Å². The quantitative estimate of drug-likeness (QED) is 0.569. The predicted molar refractivity (Wildman–Crippen MR) is 83.5 cm³/mol. The Bertz CT molecular complexity index is 560. The summed E-state index contributed by atoms with van der Waals surface area (Å²) in [6.45, 7) is 3.57. The van der Waals surface area contributed by atoms with E-state index in [1.54, 1.807) is 20.9 Å². The van der Waals surface area contributed by atoms with Gasteiger partial charge in [0.15, 0.2) is 13.1 Å². The lowest BCUT2D eigenvalue weighted by atomic mass is 10.3. The highest BCUT2D eigenvalue weighted by Gasteiger charge is 2.16. The number of amides is 4. The molecule has 4 N–H and O–H groups in total. The zero-order valence-electron chi connectivity index (χ0n) is 13.4. The molecule has 1 unspecified atom stereocenters. The van der Waals surface area contributed by atoms with Gasteiger partial charge in [0, 0.05) is 11.7 Å². The SMILES string of the molecule is CC(C)NC(=O)NC(=O)C[NH+](C)CC(=O)Nc1ccc(F)cc1. The van der Waals surface area contributed by atoms with Gasteiger partial charge in [-0.3, -0.25) is 14.9 Å². The van der Waals surface area contributed by atoms with Crippen LogP contribution in [0.5, 0.6) is 0 Å². The first-order valence-electron chi connectivity index (χ1n) is 7.23. The standard InChI is InChI=1S/C15H21FN4O3/c1-10(2)17-15(23)19-14(22)9-20(3)8-13(21)18-12-6-4-11(16)5-7-12/h4-7,10H,8-9H2,1-3H3,(H,18,21)(H2,17,19,22,23)/p+1. The molecule has 0 heterocycles. The van der Waals surface area contributed by atoms with Gasteiger partial charge in [-0.25, -0.2) is 9.18 Å². The summed E-state index contributed by atoms with van der Waals surface area (Å²) in [6.07, 6.45) is 0. The van der Waals surface area contributed by atoms with Crippen LogP contribution in [0.2, 0.25) is 0 Å². The molecule has 0 aliphatic carbocycles. The number of nitrogens with one attached hydrogen (secondary N) is 4. The molecule has 0 spiro atoms. The molecule has 1 aromatic carbocycles. The molecule has 0 aromatic heterocycles. The Labute approximate surface area is 134 Å². The van der Waals surface area contributed by atoms with E-state index in [1.165, 1.54) is 24.3 Å². The fourth-order valence-corrected chi connectivity index (χ4v) is 1.82. The van der Waals surface area contributed by atoms with Crippen molar-refractivity contribution in [1.29, 1.82) is 0 Å². The number of imide groups is 1. The smallest absolute Gasteiger partial charge is 0.321 e. The van der Waals surface area contributed by atoms with Crippen molar-refractivity contribution in [3.8, 4) is 0 Å². The number of carbonyl (C=O) groups is 3. The van der Waals surface area contributed by atoms with E-state index in [-0.39, 0.29) is 30.9 Å². The van der Waals surface area contributed by atoms with Crippen LogP contribution in [0.4, 0.5) is 14.9 Å². The Kier molecular flexibility index (Phi) is 7.14. The first kappa shape index (κ1) is 18.6. The van der Waals surface area contributed by atoms with Crippen molar-refractivity contribution in [2.75, 3.05) is 25.5 Å². The fourth-order valence-electron chi connectivity index (χ4n) is 1.82. The third kappa shape index (κ3) is 7.91. The molecule has 0 aliphatic heterocycles. The molecule has 4 amide bonds. The van der Waals surface area contributed by atoms with Crippen molar-refractivity contribution in [3.63, 3.8) is 0 Å². The predicted octanol–water partition coefficient (Wildman–Crippen LogP) is -0.487. The number of anilines is 1. The van der Waals surface area contributed by atoms with Gasteiger partial charge in [-0.2, -0.15) is 0 Å². The maximum absolute atomic E-state index is 12.8.